The van der Waals surface area contributed by atoms with E-state index in [1.54, 1.807) is 14.2 Å². The lowest BCUT2D eigenvalue weighted by molar-refractivity contribution is 0.355. The van der Waals surface area contributed by atoms with Crippen molar-refractivity contribution in [2.75, 3.05) is 19.5 Å². The van der Waals surface area contributed by atoms with Gasteiger partial charge in [0.2, 0.25) is 0 Å². The highest BCUT2D eigenvalue weighted by atomic mass is 16.5. The highest BCUT2D eigenvalue weighted by Crippen LogP contribution is 2.30. The zero-order chi connectivity index (χ0) is 13.4. The van der Waals surface area contributed by atoms with Crippen LogP contribution < -0.4 is 14.8 Å². The smallest absolute Gasteiger partial charge is 0.162 e. The molecule has 1 aromatic carbocycles. The van der Waals surface area contributed by atoms with Gasteiger partial charge < -0.3 is 14.8 Å². The van der Waals surface area contributed by atoms with Crippen molar-refractivity contribution in [3.63, 3.8) is 0 Å². The van der Waals surface area contributed by atoms with Crippen LogP contribution in [-0.2, 0) is 0 Å². The lowest BCUT2D eigenvalue weighted by Crippen LogP contribution is -2.18. The Balaban J connectivity index is 2.76. The van der Waals surface area contributed by atoms with Crippen molar-refractivity contribution in [2.24, 2.45) is 0 Å². The van der Waals surface area contributed by atoms with Gasteiger partial charge in [0.05, 0.1) is 14.2 Å². The first-order chi connectivity index (χ1) is 8.74. The maximum Gasteiger partial charge on any atom is 0.162 e. The molecule has 3 nitrogen and oxygen atoms in total. The SMILES string of the molecule is CCCC(CCC)Nc1ccc(OC)c(OC)c1. The maximum absolute atomic E-state index is 5.31. The Morgan fingerprint density at radius 1 is 1.00 bits per heavy atom. The number of hydrogen-bond acceptors (Lipinski definition) is 3. The summed E-state index contributed by atoms with van der Waals surface area (Å²) in [5, 5.41) is 3.57. The van der Waals surface area contributed by atoms with E-state index in [1.807, 2.05) is 18.2 Å². The second-order valence-electron chi connectivity index (χ2n) is 4.49. The molecule has 0 saturated heterocycles. The molecule has 3 heteroatoms. The fourth-order valence-corrected chi connectivity index (χ4v) is 2.15. The van der Waals surface area contributed by atoms with Crippen LogP contribution in [0.5, 0.6) is 11.5 Å². The standard InChI is InChI=1S/C15H25NO2/c1-5-7-12(8-6-2)16-13-9-10-14(17-3)15(11-13)18-4/h9-12,16H,5-8H2,1-4H3. The van der Waals surface area contributed by atoms with E-state index in [0.29, 0.717) is 6.04 Å². The molecule has 1 rings (SSSR count). The molecule has 0 aliphatic rings. The number of methoxy groups -OCH3 is 2. The van der Waals surface area contributed by atoms with Crippen molar-refractivity contribution in [3.8, 4) is 11.5 Å². The molecule has 0 amide bonds. The van der Waals surface area contributed by atoms with Gasteiger partial charge in [-0.25, -0.2) is 0 Å². The second kappa shape index (κ2) is 7.85. The van der Waals surface area contributed by atoms with E-state index < -0.39 is 0 Å². The van der Waals surface area contributed by atoms with Crippen LogP contribution >= 0.6 is 0 Å². The number of rotatable bonds is 8. The van der Waals surface area contributed by atoms with Crippen LogP contribution in [0.15, 0.2) is 18.2 Å². The van der Waals surface area contributed by atoms with Crippen LogP contribution in [0.1, 0.15) is 39.5 Å². The lowest BCUT2D eigenvalue weighted by atomic mass is 10.1. The molecule has 0 aromatic heterocycles. The summed E-state index contributed by atoms with van der Waals surface area (Å²) in [6.07, 6.45) is 4.79. The zero-order valence-electron chi connectivity index (χ0n) is 12.0. The molecular weight excluding hydrogens is 226 g/mol. The summed E-state index contributed by atoms with van der Waals surface area (Å²) in [6.45, 7) is 4.44. The first-order valence-electron chi connectivity index (χ1n) is 6.73. The van der Waals surface area contributed by atoms with Gasteiger partial charge in [-0.3, -0.25) is 0 Å². The molecule has 102 valence electrons. The molecule has 0 bridgehead atoms. The average molecular weight is 251 g/mol. The van der Waals surface area contributed by atoms with Gasteiger partial charge in [0.25, 0.3) is 0 Å². The quantitative estimate of drug-likeness (QED) is 0.755. The summed E-state index contributed by atoms with van der Waals surface area (Å²) in [5.41, 5.74) is 1.10. The Labute approximate surface area is 110 Å². The molecule has 0 unspecified atom stereocenters. The van der Waals surface area contributed by atoms with Gasteiger partial charge in [0, 0.05) is 17.8 Å². The Kier molecular flexibility index (Phi) is 6.40. The topological polar surface area (TPSA) is 30.5 Å². The number of benzene rings is 1. The summed E-state index contributed by atoms with van der Waals surface area (Å²) in [5.74, 6) is 1.54. The second-order valence-corrected chi connectivity index (χ2v) is 4.49. The molecule has 18 heavy (non-hydrogen) atoms. The molecule has 1 aromatic rings. The molecule has 0 heterocycles. The van der Waals surface area contributed by atoms with Gasteiger partial charge in [-0.1, -0.05) is 26.7 Å². The van der Waals surface area contributed by atoms with E-state index in [0.717, 1.165) is 17.2 Å². The van der Waals surface area contributed by atoms with Crippen LogP contribution in [0.3, 0.4) is 0 Å². The molecule has 1 N–H and O–H groups in total. The fraction of sp³-hybridized carbons (Fsp3) is 0.600. The van der Waals surface area contributed by atoms with E-state index in [1.165, 1.54) is 25.7 Å². The first kappa shape index (κ1) is 14.7. The van der Waals surface area contributed by atoms with Crippen molar-refractivity contribution in [1.29, 1.82) is 0 Å². The predicted molar refractivity (Wildman–Crippen MR) is 76.8 cm³/mol. The molecular formula is C15H25NO2. The van der Waals surface area contributed by atoms with Crippen molar-refractivity contribution in [1.82, 2.24) is 0 Å². The number of hydrogen-bond donors (Lipinski definition) is 1. The van der Waals surface area contributed by atoms with Crippen LogP contribution in [0.25, 0.3) is 0 Å². The predicted octanol–water partition coefficient (Wildman–Crippen LogP) is 4.08. The largest absolute Gasteiger partial charge is 0.493 e. The van der Waals surface area contributed by atoms with Gasteiger partial charge in [-0.2, -0.15) is 0 Å². The van der Waals surface area contributed by atoms with E-state index in [9.17, 15) is 0 Å². The van der Waals surface area contributed by atoms with Crippen LogP contribution in [0, 0.1) is 0 Å². The fourth-order valence-electron chi connectivity index (χ4n) is 2.15. The van der Waals surface area contributed by atoms with Gasteiger partial charge in [0.1, 0.15) is 0 Å². The Morgan fingerprint density at radius 2 is 1.61 bits per heavy atom. The Morgan fingerprint density at radius 3 is 2.11 bits per heavy atom. The third-order valence-corrected chi connectivity index (χ3v) is 3.03. The molecule has 0 spiro atoms. The van der Waals surface area contributed by atoms with Gasteiger partial charge in [-0.05, 0) is 25.0 Å². The maximum atomic E-state index is 5.31. The minimum Gasteiger partial charge on any atom is -0.493 e. The third-order valence-electron chi connectivity index (χ3n) is 3.03. The average Bonchev–Trinajstić information content (AvgIpc) is 2.39. The normalized spacial score (nSPS) is 10.5. The van der Waals surface area contributed by atoms with E-state index in [2.05, 4.69) is 19.2 Å². The molecule has 0 radical (unpaired) electrons. The van der Waals surface area contributed by atoms with Gasteiger partial charge >= 0.3 is 0 Å². The lowest BCUT2D eigenvalue weighted by Gasteiger charge is -2.19. The summed E-state index contributed by atoms with van der Waals surface area (Å²) in [4.78, 5) is 0. The van der Waals surface area contributed by atoms with E-state index in [4.69, 9.17) is 9.47 Å². The highest BCUT2D eigenvalue weighted by Gasteiger charge is 2.09. The van der Waals surface area contributed by atoms with Crippen LogP contribution in [0.4, 0.5) is 5.69 Å². The summed E-state index contributed by atoms with van der Waals surface area (Å²) in [6, 6.07) is 6.52. The third kappa shape index (κ3) is 4.13. The minimum absolute atomic E-state index is 0.540. The molecule has 0 atom stereocenters. The minimum atomic E-state index is 0.540. The summed E-state index contributed by atoms with van der Waals surface area (Å²) >= 11 is 0. The summed E-state index contributed by atoms with van der Waals surface area (Å²) in [7, 11) is 3.32. The highest BCUT2D eigenvalue weighted by molar-refractivity contribution is 5.55. The van der Waals surface area contributed by atoms with Crippen LogP contribution in [-0.4, -0.2) is 20.3 Å². The number of ether oxygens (including phenoxy) is 2. The van der Waals surface area contributed by atoms with E-state index >= 15 is 0 Å². The van der Waals surface area contributed by atoms with Gasteiger partial charge in [0.15, 0.2) is 11.5 Å². The first-order valence-corrected chi connectivity index (χ1v) is 6.73. The number of nitrogens with one attached hydrogen (secondary N) is 1. The Bertz CT molecular complexity index is 346. The molecule has 0 saturated carbocycles. The van der Waals surface area contributed by atoms with Crippen molar-refractivity contribution < 1.29 is 9.47 Å². The number of anilines is 1. The van der Waals surface area contributed by atoms with Crippen molar-refractivity contribution in [2.45, 2.75) is 45.6 Å². The summed E-state index contributed by atoms with van der Waals surface area (Å²) < 4.78 is 10.6. The Hall–Kier alpha value is -1.38. The van der Waals surface area contributed by atoms with E-state index in [-0.39, 0.29) is 0 Å². The molecule has 0 fully saturated rings. The monoisotopic (exact) mass is 251 g/mol. The van der Waals surface area contributed by atoms with Crippen molar-refractivity contribution >= 4 is 5.69 Å². The molecule has 0 aliphatic heterocycles. The molecule has 0 aliphatic carbocycles. The van der Waals surface area contributed by atoms with Crippen LogP contribution in [0.2, 0.25) is 0 Å². The van der Waals surface area contributed by atoms with Gasteiger partial charge in [-0.15, -0.1) is 0 Å². The zero-order valence-corrected chi connectivity index (χ0v) is 12.0. The van der Waals surface area contributed by atoms with Crippen molar-refractivity contribution in [3.05, 3.63) is 18.2 Å².